The van der Waals surface area contributed by atoms with Crippen LogP contribution in [0.1, 0.15) is 17.5 Å². The quantitative estimate of drug-likeness (QED) is 0.640. The first-order valence-electron chi connectivity index (χ1n) is 9.08. The van der Waals surface area contributed by atoms with Gasteiger partial charge in [-0.25, -0.2) is 8.78 Å². The van der Waals surface area contributed by atoms with Crippen molar-refractivity contribution in [1.82, 2.24) is 0 Å². The van der Waals surface area contributed by atoms with Gasteiger partial charge < -0.3 is 9.84 Å². The third kappa shape index (κ3) is 3.60. The van der Waals surface area contributed by atoms with E-state index in [0.29, 0.717) is 29.9 Å². The van der Waals surface area contributed by atoms with E-state index in [1.54, 1.807) is 24.3 Å². The Bertz CT molecular complexity index is 1050. The van der Waals surface area contributed by atoms with Crippen LogP contribution in [0, 0.1) is 17.6 Å². The molecule has 0 saturated carbocycles. The van der Waals surface area contributed by atoms with Gasteiger partial charge in [0.25, 0.3) is 0 Å². The van der Waals surface area contributed by atoms with Crippen LogP contribution in [0.15, 0.2) is 60.7 Å². The smallest absolute Gasteiger partial charge is 0.306 e. The van der Waals surface area contributed by atoms with Gasteiger partial charge in [0, 0.05) is 17.2 Å². The zero-order valence-corrected chi connectivity index (χ0v) is 15.0. The Morgan fingerprint density at radius 3 is 2.57 bits per heavy atom. The van der Waals surface area contributed by atoms with Crippen LogP contribution in [0.3, 0.4) is 0 Å². The molecule has 5 heteroatoms. The average Bonchev–Trinajstić information content (AvgIpc) is 2.68. The molecule has 0 aliphatic heterocycles. The van der Waals surface area contributed by atoms with Crippen molar-refractivity contribution in [2.24, 2.45) is 5.92 Å². The molecule has 0 spiro atoms. The summed E-state index contributed by atoms with van der Waals surface area (Å²) in [5, 5.41) is 9.28. The molecule has 0 heterocycles. The fourth-order valence-corrected chi connectivity index (χ4v) is 3.62. The van der Waals surface area contributed by atoms with Gasteiger partial charge in [0.15, 0.2) is 0 Å². The first-order valence-corrected chi connectivity index (χ1v) is 9.08. The van der Waals surface area contributed by atoms with E-state index in [0.717, 1.165) is 23.6 Å². The number of aryl methyl sites for hydroxylation is 1. The lowest BCUT2D eigenvalue weighted by Gasteiger charge is -2.22. The van der Waals surface area contributed by atoms with Gasteiger partial charge in [-0.05, 0) is 60.7 Å². The van der Waals surface area contributed by atoms with E-state index in [1.165, 1.54) is 12.1 Å². The van der Waals surface area contributed by atoms with Crippen molar-refractivity contribution in [3.8, 4) is 22.6 Å². The highest BCUT2D eigenvalue weighted by atomic mass is 19.1. The van der Waals surface area contributed by atoms with Crippen LogP contribution in [0.5, 0.6) is 11.5 Å². The average molecular weight is 380 g/mol. The van der Waals surface area contributed by atoms with Crippen molar-refractivity contribution in [2.75, 3.05) is 0 Å². The van der Waals surface area contributed by atoms with Crippen LogP contribution in [0.4, 0.5) is 8.78 Å². The topological polar surface area (TPSA) is 46.5 Å². The van der Waals surface area contributed by atoms with E-state index >= 15 is 0 Å². The van der Waals surface area contributed by atoms with Crippen molar-refractivity contribution in [1.29, 1.82) is 0 Å². The van der Waals surface area contributed by atoms with Crippen LogP contribution in [-0.4, -0.2) is 11.1 Å². The van der Waals surface area contributed by atoms with E-state index in [2.05, 4.69) is 0 Å². The fraction of sp³-hybridized carbons (Fsp3) is 0.174. The van der Waals surface area contributed by atoms with Crippen molar-refractivity contribution >= 4 is 5.97 Å². The van der Waals surface area contributed by atoms with Crippen LogP contribution >= 0.6 is 0 Å². The lowest BCUT2D eigenvalue weighted by Crippen LogP contribution is -2.22. The maximum atomic E-state index is 14.2. The molecular weight excluding hydrogens is 362 g/mol. The van der Waals surface area contributed by atoms with Gasteiger partial charge in [-0.15, -0.1) is 0 Å². The zero-order valence-electron chi connectivity index (χ0n) is 15.0. The Hall–Kier alpha value is -3.21. The number of carboxylic acid groups (broad SMARTS) is 1. The Morgan fingerprint density at radius 2 is 1.79 bits per heavy atom. The maximum Gasteiger partial charge on any atom is 0.306 e. The summed E-state index contributed by atoms with van der Waals surface area (Å²) in [6, 6.07) is 16.0. The molecule has 28 heavy (non-hydrogen) atoms. The number of fused-ring (bicyclic) bond motifs is 1. The fourth-order valence-electron chi connectivity index (χ4n) is 3.62. The van der Waals surface area contributed by atoms with Gasteiger partial charge in [0.05, 0.1) is 5.92 Å². The molecule has 142 valence electrons. The Labute approximate surface area is 161 Å². The molecule has 0 aromatic heterocycles. The van der Waals surface area contributed by atoms with Crippen LogP contribution in [0.25, 0.3) is 11.1 Å². The number of aliphatic carboxylic acids is 1. The molecule has 0 bridgehead atoms. The monoisotopic (exact) mass is 380 g/mol. The summed E-state index contributed by atoms with van der Waals surface area (Å²) in [5.74, 6) is -1.47. The van der Waals surface area contributed by atoms with E-state index in [-0.39, 0.29) is 11.5 Å². The summed E-state index contributed by atoms with van der Waals surface area (Å²) in [6.45, 7) is 0. The third-order valence-corrected chi connectivity index (χ3v) is 5.09. The molecular formula is C23H18F2O3. The third-order valence-electron chi connectivity index (χ3n) is 5.09. The van der Waals surface area contributed by atoms with Crippen molar-refractivity contribution in [3.63, 3.8) is 0 Å². The minimum atomic E-state index is -0.783. The van der Waals surface area contributed by atoms with Crippen LogP contribution in [-0.2, 0) is 17.6 Å². The second-order valence-electron chi connectivity index (χ2n) is 6.93. The molecule has 3 nitrogen and oxygen atoms in total. The van der Waals surface area contributed by atoms with Gasteiger partial charge in [0.1, 0.15) is 23.1 Å². The molecule has 3 aromatic rings. The molecule has 0 fully saturated rings. The molecule has 1 unspecified atom stereocenters. The second-order valence-corrected chi connectivity index (χ2v) is 6.93. The van der Waals surface area contributed by atoms with Crippen molar-refractivity contribution < 1.29 is 23.4 Å². The number of ether oxygens (including phenoxy) is 1. The molecule has 0 radical (unpaired) electrons. The summed E-state index contributed by atoms with van der Waals surface area (Å²) >= 11 is 0. The number of carbonyl (C=O) groups is 1. The standard InChI is InChI=1S/C23H18F2O3/c24-17-8-10-19(21(25)13-17)20-3-1-2-4-22(20)28-18-9-7-14-5-6-15(23(26)27)11-16(14)12-18/h1-4,7-10,12-13,15H,5-6,11H2,(H,26,27). The normalized spacial score (nSPS) is 15.7. The molecule has 0 saturated heterocycles. The number of benzene rings is 3. The molecule has 1 atom stereocenters. The number of hydrogen-bond acceptors (Lipinski definition) is 2. The first kappa shape index (κ1) is 18.2. The van der Waals surface area contributed by atoms with Gasteiger partial charge in [-0.2, -0.15) is 0 Å². The van der Waals surface area contributed by atoms with Gasteiger partial charge >= 0.3 is 5.97 Å². The van der Waals surface area contributed by atoms with Crippen molar-refractivity contribution in [2.45, 2.75) is 19.3 Å². The number of carboxylic acids is 1. The van der Waals surface area contributed by atoms with E-state index < -0.39 is 17.6 Å². The summed E-state index contributed by atoms with van der Waals surface area (Å²) in [4.78, 5) is 11.3. The van der Waals surface area contributed by atoms with E-state index in [9.17, 15) is 18.7 Å². The van der Waals surface area contributed by atoms with Gasteiger partial charge in [-0.1, -0.05) is 24.3 Å². The molecule has 1 aliphatic rings. The number of rotatable bonds is 4. The minimum Gasteiger partial charge on any atom is -0.481 e. The van der Waals surface area contributed by atoms with E-state index in [1.807, 2.05) is 18.2 Å². The Balaban J connectivity index is 1.66. The number of hydrogen-bond donors (Lipinski definition) is 1. The maximum absolute atomic E-state index is 14.2. The predicted octanol–water partition coefficient (Wildman–Crippen LogP) is 5.61. The lowest BCUT2D eigenvalue weighted by atomic mass is 9.84. The van der Waals surface area contributed by atoms with Gasteiger partial charge in [-0.3, -0.25) is 4.79 Å². The van der Waals surface area contributed by atoms with E-state index in [4.69, 9.17) is 4.74 Å². The van der Waals surface area contributed by atoms with Crippen molar-refractivity contribution in [3.05, 3.63) is 83.4 Å². The lowest BCUT2D eigenvalue weighted by molar-refractivity contribution is -0.142. The summed E-state index contributed by atoms with van der Waals surface area (Å²) in [7, 11) is 0. The highest BCUT2D eigenvalue weighted by Gasteiger charge is 2.24. The summed E-state index contributed by atoms with van der Waals surface area (Å²) in [6.07, 6.45) is 1.83. The summed E-state index contributed by atoms with van der Waals surface area (Å²) in [5.41, 5.74) is 2.85. The Morgan fingerprint density at radius 1 is 0.964 bits per heavy atom. The molecule has 4 rings (SSSR count). The minimum absolute atomic E-state index is 0.251. The zero-order chi connectivity index (χ0) is 19.7. The predicted molar refractivity (Wildman–Crippen MR) is 101 cm³/mol. The highest BCUT2D eigenvalue weighted by Crippen LogP contribution is 2.36. The molecule has 1 aliphatic carbocycles. The van der Waals surface area contributed by atoms with Gasteiger partial charge in [0.2, 0.25) is 0 Å². The number of halogens is 2. The Kier molecular flexibility index (Phi) is 4.82. The summed E-state index contributed by atoms with van der Waals surface area (Å²) < 4.78 is 33.5. The highest BCUT2D eigenvalue weighted by molar-refractivity contribution is 5.72. The molecule has 1 N–H and O–H groups in total. The molecule has 0 amide bonds. The molecule has 3 aromatic carbocycles. The second kappa shape index (κ2) is 7.43. The largest absolute Gasteiger partial charge is 0.481 e. The van der Waals surface area contributed by atoms with Crippen LogP contribution < -0.4 is 4.74 Å². The SMILES string of the molecule is O=C(O)C1CCc2ccc(Oc3ccccc3-c3ccc(F)cc3F)cc2C1. The first-order chi connectivity index (χ1) is 13.5. The number of para-hydroxylation sites is 1. The van der Waals surface area contributed by atoms with Crippen LogP contribution in [0.2, 0.25) is 0 Å².